The number of thiocarbonyl (C=S) groups is 1. The van der Waals surface area contributed by atoms with Gasteiger partial charge in [0.05, 0.1) is 11.1 Å². The molecule has 0 aliphatic carbocycles. The lowest BCUT2D eigenvalue weighted by atomic mass is 9.88. The lowest BCUT2D eigenvalue weighted by Gasteiger charge is -2.28. The summed E-state index contributed by atoms with van der Waals surface area (Å²) in [6, 6.07) is 0.572. The van der Waals surface area contributed by atoms with E-state index in [4.69, 9.17) is 22.7 Å². The van der Waals surface area contributed by atoms with E-state index in [9.17, 15) is 0 Å². The van der Waals surface area contributed by atoms with Crippen LogP contribution in [0, 0.1) is 5.41 Å². The second-order valence-corrected chi connectivity index (χ2v) is 6.20. The van der Waals surface area contributed by atoms with Gasteiger partial charge in [0, 0.05) is 18.1 Å². The first kappa shape index (κ1) is 14.9. The van der Waals surface area contributed by atoms with Crippen molar-refractivity contribution in [2.24, 2.45) is 11.1 Å². The molecule has 0 aromatic rings. The van der Waals surface area contributed by atoms with Gasteiger partial charge < -0.3 is 15.4 Å². The maximum atomic E-state index is 5.73. The molecule has 1 aliphatic rings. The molecule has 17 heavy (non-hydrogen) atoms. The van der Waals surface area contributed by atoms with Gasteiger partial charge in [0.1, 0.15) is 0 Å². The topological polar surface area (TPSA) is 38.5 Å². The van der Waals surface area contributed by atoms with Crippen molar-refractivity contribution in [1.29, 1.82) is 0 Å². The fraction of sp³-hybridized carbons (Fsp3) is 0.923. The number of hydrogen-bond donors (Lipinski definition) is 1. The van der Waals surface area contributed by atoms with Crippen molar-refractivity contribution in [3.63, 3.8) is 0 Å². The molecule has 4 heteroatoms. The molecule has 0 bridgehead atoms. The molecule has 1 saturated heterocycles. The fourth-order valence-electron chi connectivity index (χ4n) is 2.36. The van der Waals surface area contributed by atoms with Crippen LogP contribution >= 0.6 is 12.2 Å². The van der Waals surface area contributed by atoms with Crippen LogP contribution < -0.4 is 5.73 Å². The van der Waals surface area contributed by atoms with Crippen molar-refractivity contribution in [3.05, 3.63) is 0 Å². The zero-order valence-electron chi connectivity index (χ0n) is 11.5. The minimum atomic E-state index is -0.0199. The predicted octanol–water partition coefficient (Wildman–Crippen LogP) is 2.19. The second kappa shape index (κ2) is 6.12. The van der Waals surface area contributed by atoms with Crippen LogP contribution in [0.4, 0.5) is 0 Å². The van der Waals surface area contributed by atoms with Crippen LogP contribution in [-0.4, -0.2) is 42.2 Å². The highest BCUT2D eigenvalue weighted by Gasteiger charge is 2.28. The third-order valence-corrected chi connectivity index (χ3v) is 4.43. The molecule has 2 atom stereocenters. The molecule has 1 heterocycles. The maximum absolute atomic E-state index is 5.73. The van der Waals surface area contributed by atoms with Gasteiger partial charge in [-0.05, 0) is 39.8 Å². The number of nitrogens with two attached hydrogens (primary N) is 1. The summed E-state index contributed by atoms with van der Waals surface area (Å²) in [5, 5.41) is 0. The van der Waals surface area contributed by atoms with Crippen LogP contribution in [-0.2, 0) is 4.74 Å². The average molecular weight is 258 g/mol. The molecule has 1 rings (SSSR count). The normalized spacial score (nSPS) is 25.5. The van der Waals surface area contributed by atoms with Gasteiger partial charge in [0.15, 0.2) is 0 Å². The molecule has 2 unspecified atom stereocenters. The highest BCUT2D eigenvalue weighted by Crippen LogP contribution is 2.24. The molecule has 2 N–H and O–H groups in total. The largest absolute Gasteiger partial charge is 0.393 e. The molecule has 3 nitrogen and oxygen atoms in total. The minimum absolute atomic E-state index is 0.0199. The highest BCUT2D eigenvalue weighted by atomic mass is 32.1. The first-order valence-electron chi connectivity index (χ1n) is 6.46. The highest BCUT2D eigenvalue weighted by molar-refractivity contribution is 7.80. The Morgan fingerprint density at radius 1 is 1.53 bits per heavy atom. The first-order valence-corrected chi connectivity index (χ1v) is 6.87. The van der Waals surface area contributed by atoms with Gasteiger partial charge in [0.25, 0.3) is 0 Å². The zero-order chi connectivity index (χ0) is 13.1. The monoisotopic (exact) mass is 258 g/mol. The molecular weight excluding hydrogens is 232 g/mol. The summed E-state index contributed by atoms with van der Waals surface area (Å²) < 4.78 is 5.59. The Balaban J connectivity index is 2.29. The Morgan fingerprint density at radius 3 is 2.65 bits per heavy atom. The maximum Gasteiger partial charge on any atom is 0.0784 e. The molecule has 0 amide bonds. The van der Waals surface area contributed by atoms with Crippen LogP contribution in [0.5, 0.6) is 0 Å². The van der Waals surface area contributed by atoms with Gasteiger partial charge in [-0.3, -0.25) is 0 Å². The van der Waals surface area contributed by atoms with Crippen LogP contribution in [0.2, 0.25) is 0 Å². The third kappa shape index (κ3) is 4.19. The number of rotatable bonds is 6. The smallest absolute Gasteiger partial charge is 0.0784 e. The molecular formula is C13H26N2OS. The number of hydrogen-bond acceptors (Lipinski definition) is 3. The average Bonchev–Trinajstić information content (AvgIpc) is 2.63. The van der Waals surface area contributed by atoms with Crippen LogP contribution in [0.1, 0.15) is 40.0 Å². The zero-order valence-corrected chi connectivity index (χ0v) is 12.3. The molecule has 0 radical (unpaired) electrons. The number of nitrogens with zero attached hydrogens (tertiary/aromatic N) is 1. The van der Waals surface area contributed by atoms with Crippen molar-refractivity contribution >= 4 is 17.2 Å². The predicted molar refractivity (Wildman–Crippen MR) is 76.2 cm³/mol. The Labute approximate surface area is 111 Å². The SMILES string of the molecule is CC1OCCC1N(C)CCCC(C)(C)C(N)=S. The van der Waals surface area contributed by atoms with Crippen molar-refractivity contribution < 1.29 is 4.74 Å². The van der Waals surface area contributed by atoms with E-state index in [0.717, 1.165) is 32.4 Å². The molecule has 1 aliphatic heterocycles. The lowest BCUT2D eigenvalue weighted by Crippen LogP contribution is -2.38. The summed E-state index contributed by atoms with van der Waals surface area (Å²) in [7, 11) is 2.18. The number of ether oxygens (including phenoxy) is 1. The fourth-order valence-corrected chi connectivity index (χ4v) is 2.46. The summed E-state index contributed by atoms with van der Waals surface area (Å²) in [4.78, 5) is 3.03. The minimum Gasteiger partial charge on any atom is -0.393 e. The molecule has 0 saturated carbocycles. The van der Waals surface area contributed by atoms with Crippen molar-refractivity contribution in [2.45, 2.75) is 52.2 Å². The molecule has 100 valence electrons. The van der Waals surface area contributed by atoms with E-state index in [-0.39, 0.29) is 5.41 Å². The van der Waals surface area contributed by atoms with Crippen LogP contribution in [0.3, 0.4) is 0 Å². The lowest BCUT2D eigenvalue weighted by molar-refractivity contribution is 0.0826. The Bertz CT molecular complexity index is 268. The molecule has 0 spiro atoms. The van der Waals surface area contributed by atoms with E-state index in [2.05, 4.69) is 32.7 Å². The van der Waals surface area contributed by atoms with E-state index in [1.165, 1.54) is 0 Å². The molecule has 1 fully saturated rings. The standard InChI is InChI=1S/C13H26N2OS/c1-10-11(6-9-16-10)15(4)8-5-7-13(2,3)12(14)17/h10-11H,5-9H2,1-4H3,(H2,14,17). The van der Waals surface area contributed by atoms with E-state index in [0.29, 0.717) is 17.1 Å². The van der Waals surface area contributed by atoms with E-state index in [1.807, 2.05) is 0 Å². The van der Waals surface area contributed by atoms with Gasteiger partial charge in [-0.15, -0.1) is 0 Å². The van der Waals surface area contributed by atoms with Crippen LogP contribution in [0.15, 0.2) is 0 Å². The number of likely N-dealkylation sites (N-methyl/N-ethyl adjacent to an activating group) is 1. The molecule has 0 aromatic heterocycles. The third-order valence-electron chi connectivity index (χ3n) is 3.88. The van der Waals surface area contributed by atoms with Gasteiger partial charge in [-0.1, -0.05) is 26.1 Å². The van der Waals surface area contributed by atoms with Crippen LogP contribution in [0.25, 0.3) is 0 Å². The second-order valence-electron chi connectivity index (χ2n) is 5.76. The van der Waals surface area contributed by atoms with Gasteiger partial charge in [0.2, 0.25) is 0 Å². The molecule has 0 aromatic carbocycles. The Morgan fingerprint density at radius 2 is 2.18 bits per heavy atom. The van der Waals surface area contributed by atoms with Gasteiger partial charge >= 0.3 is 0 Å². The van der Waals surface area contributed by atoms with Gasteiger partial charge in [-0.25, -0.2) is 0 Å². The van der Waals surface area contributed by atoms with Crippen molar-refractivity contribution in [3.8, 4) is 0 Å². The summed E-state index contributed by atoms with van der Waals surface area (Å²) >= 11 is 5.08. The summed E-state index contributed by atoms with van der Waals surface area (Å²) in [5.41, 5.74) is 5.71. The van der Waals surface area contributed by atoms with E-state index in [1.54, 1.807) is 0 Å². The van der Waals surface area contributed by atoms with Gasteiger partial charge in [-0.2, -0.15) is 0 Å². The van der Waals surface area contributed by atoms with E-state index >= 15 is 0 Å². The summed E-state index contributed by atoms with van der Waals surface area (Å²) in [5.74, 6) is 0. The summed E-state index contributed by atoms with van der Waals surface area (Å²) in [6.07, 6.45) is 3.69. The van der Waals surface area contributed by atoms with E-state index < -0.39 is 0 Å². The summed E-state index contributed by atoms with van der Waals surface area (Å²) in [6.45, 7) is 8.39. The van der Waals surface area contributed by atoms with Crippen molar-refractivity contribution in [1.82, 2.24) is 4.90 Å². The van der Waals surface area contributed by atoms with Crippen molar-refractivity contribution in [2.75, 3.05) is 20.2 Å². The Kier molecular flexibility index (Phi) is 5.35. The Hall–Kier alpha value is -0.190. The quantitative estimate of drug-likeness (QED) is 0.741. The first-order chi connectivity index (χ1) is 7.84.